The first kappa shape index (κ1) is 16.1. The predicted molar refractivity (Wildman–Crippen MR) is 99.2 cm³/mol. The van der Waals surface area contributed by atoms with Gasteiger partial charge in [0, 0.05) is 17.7 Å². The van der Waals surface area contributed by atoms with Gasteiger partial charge in [0.1, 0.15) is 0 Å². The van der Waals surface area contributed by atoms with Gasteiger partial charge in [-0.15, -0.1) is 10.2 Å². The SMILES string of the molecule is Cc1ccc(-c2nnc3s/c(=C\c4cccc([N+](=O)[O-])c4)c(=O)n23)cc1. The van der Waals surface area contributed by atoms with Crippen LogP contribution < -0.4 is 10.1 Å². The molecule has 0 aliphatic carbocycles. The number of aryl methyl sites for hydroxylation is 1. The number of non-ortho nitro benzene ring substituents is 1. The van der Waals surface area contributed by atoms with Gasteiger partial charge in [-0.1, -0.05) is 53.3 Å². The average Bonchev–Trinajstić information content (AvgIpc) is 3.17. The van der Waals surface area contributed by atoms with E-state index in [9.17, 15) is 14.9 Å². The Labute approximate surface area is 151 Å². The van der Waals surface area contributed by atoms with Crippen LogP contribution in [0.15, 0.2) is 53.3 Å². The highest BCUT2D eigenvalue weighted by atomic mass is 32.1. The van der Waals surface area contributed by atoms with Crippen molar-refractivity contribution in [3.63, 3.8) is 0 Å². The average molecular weight is 364 g/mol. The topological polar surface area (TPSA) is 90.4 Å². The van der Waals surface area contributed by atoms with Gasteiger partial charge >= 0.3 is 0 Å². The molecule has 128 valence electrons. The van der Waals surface area contributed by atoms with E-state index in [1.807, 2.05) is 31.2 Å². The number of rotatable bonds is 3. The van der Waals surface area contributed by atoms with Crippen molar-refractivity contribution in [2.24, 2.45) is 0 Å². The first-order valence-electron chi connectivity index (χ1n) is 7.74. The summed E-state index contributed by atoms with van der Waals surface area (Å²) in [5.41, 5.74) is 2.25. The zero-order chi connectivity index (χ0) is 18.3. The number of thiazole rings is 1. The van der Waals surface area contributed by atoms with E-state index in [0.717, 1.165) is 11.1 Å². The molecule has 8 heteroatoms. The van der Waals surface area contributed by atoms with Crippen LogP contribution in [0.5, 0.6) is 0 Å². The van der Waals surface area contributed by atoms with Crippen molar-refractivity contribution < 1.29 is 4.92 Å². The van der Waals surface area contributed by atoms with E-state index in [1.165, 1.54) is 27.9 Å². The molecule has 0 atom stereocenters. The summed E-state index contributed by atoms with van der Waals surface area (Å²) in [6.45, 7) is 1.99. The Bertz CT molecular complexity index is 1240. The summed E-state index contributed by atoms with van der Waals surface area (Å²) in [6, 6.07) is 13.8. The molecule has 0 fully saturated rings. The minimum Gasteiger partial charge on any atom is -0.267 e. The first-order chi connectivity index (χ1) is 12.5. The van der Waals surface area contributed by atoms with Crippen molar-refractivity contribution >= 4 is 28.1 Å². The van der Waals surface area contributed by atoms with E-state index in [1.54, 1.807) is 18.2 Å². The second-order valence-electron chi connectivity index (χ2n) is 5.78. The molecule has 0 amide bonds. The minimum absolute atomic E-state index is 0.0189. The lowest BCUT2D eigenvalue weighted by Gasteiger charge is -1.97. The summed E-state index contributed by atoms with van der Waals surface area (Å²) in [6.07, 6.45) is 1.63. The van der Waals surface area contributed by atoms with E-state index in [-0.39, 0.29) is 11.2 Å². The van der Waals surface area contributed by atoms with Crippen molar-refractivity contribution in [2.45, 2.75) is 6.92 Å². The number of hydrogen-bond donors (Lipinski definition) is 0. The van der Waals surface area contributed by atoms with Crippen molar-refractivity contribution in [2.75, 3.05) is 0 Å². The highest BCUT2D eigenvalue weighted by Gasteiger charge is 2.14. The molecule has 0 N–H and O–H groups in total. The molecule has 0 unspecified atom stereocenters. The third-order valence-electron chi connectivity index (χ3n) is 3.94. The van der Waals surface area contributed by atoms with E-state index in [4.69, 9.17) is 0 Å². The maximum atomic E-state index is 12.8. The van der Waals surface area contributed by atoms with Gasteiger partial charge < -0.3 is 0 Å². The van der Waals surface area contributed by atoms with Gasteiger partial charge in [0.15, 0.2) is 5.82 Å². The molecular weight excluding hydrogens is 352 g/mol. The molecule has 2 aromatic heterocycles. The molecule has 0 saturated heterocycles. The molecule has 0 saturated carbocycles. The lowest BCUT2D eigenvalue weighted by molar-refractivity contribution is -0.384. The van der Waals surface area contributed by atoms with Crippen LogP contribution in [-0.4, -0.2) is 19.5 Å². The second kappa shape index (κ2) is 6.16. The number of fused-ring (bicyclic) bond motifs is 1. The van der Waals surface area contributed by atoms with Gasteiger partial charge in [-0.25, -0.2) is 4.40 Å². The number of nitrogens with zero attached hydrogens (tertiary/aromatic N) is 4. The van der Waals surface area contributed by atoms with E-state index in [0.29, 0.717) is 20.9 Å². The number of aromatic nitrogens is 3. The molecule has 2 aromatic carbocycles. The maximum Gasteiger partial charge on any atom is 0.276 e. The Morgan fingerprint density at radius 3 is 2.65 bits per heavy atom. The van der Waals surface area contributed by atoms with Crippen LogP contribution in [0.3, 0.4) is 0 Å². The third kappa shape index (κ3) is 2.76. The molecule has 0 bridgehead atoms. The van der Waals surface area contributed by atoms with Crippen LogP contribution in [0, 0.1) is 17.0 Å². The summed E-state index contributed by atoms with van der Waals surface area (Å²) in [5, 5.41) is 19.1. The maximum absolute atomic E-state index is 12.8. The highest BCUT2D eigenvalue weighted by molar-refractivity contribution is 7.15. The number of nitro benzene ring substituents is 1. The van der Waals surface area contributed by atoms with E-state index < -0.39 is 4.92 Å². The third-order valence-corrected chi connectivity index (χ3v) is 4.90. The fourth-order valence-electron chi connectivity index (χ4n) is 2.63. The molecule has 2 heterocycles. The zero-order valence-electron chi connectivity index (χ0n) is 13.6. The van der Waals surface area contributed by atoms with Crippen LogP contribution in [0.25, 0.3) is 22.4 Å². The number of benzene rings is 2. The largest absolute Gasteiger partial charge is 0.276 e. The predicted octanol–water partition coefficient (Wildman–Crippen LogP) is 2.58. The molecule has 26 heavy (non-hydrogen) atoms. The normalized spacial score (nSPS) is 12.0. The molecule has 0 radical (unpaired) electrons. The molecular formula is C18H12N4O3S. The lowest BCUT2D eigenvalue weighted by atomic mass is 10.1. The Morgan fingerprint density at radius 1 is 1.15 bits per heavy atom. The van der Waals surface area contributed by atoms with Gasteiger partial charge in [-0.3, -0.25) is 14.9 Å². The van der Waals surface area contributed by atoms with Crippen LogP contribution in [-0.2, 0) is 0 Å². The molecule has 0 aliphatic heterocycles. The summed E-state index contributed by atoms with van der Waals surface area (Å²) in [4.78, 5) is 23.7. The highest BCUT2D eigenvalue weighted by Crippen LogP contribution is 2.18. The lowest BCUT2D eigenvalue weighted by Crippen LogP contribution is -2.23. The van der Waals surface area contributed by atoms with Gasteiger partial charge in [-0.2, -0.15) is 0 Å². The molecule has 0 spiro atoms. The molecule has 4 rings (SSSR count). The van der Waals surface area contributed by atoms with Crippen molar-refractivity contribution in [1.82, 2.24) is 14.6 Å². The Balaban J connectivity index is 1.87. The summed E-state index contributed by atoms with van der Waals surface area (Å²) >= 11 is 1.20. The number of nitro groups is 1. The minimum atomic E-state index is -0.462. The van der Waals surface area contributed by atoms with E-state index >= 15 is 0 Å². The summed E-state index contributed by atoms with van der Waals surface area (Å²) < 4.78 is 1.92. The van der Waals surface area contributed by atoms with Crippen molar-refractivity contribution in [3.8, 4) is 11.4 Å². The zero-order valence-corrected chi connectivity index (χ0v) is 14.4. The number of hydrogen-bond acceptors (Lipinski definition) is 6. The molecule has 7 nitrogen and oxygen atoms in total. The fourth-order valence-corrected chi connectivity index (χ4v) is 3.54. The smallest absolute Gasteiger partial charge is 0.267 e. The van der Waals surface area contributed by atoms with Crippen LogP contribution in [0.1, 0.15) is 11.1 Å². The van der Waals surface area contributed by atoms with Crippen LogP contribution in [0.4, 0.5) is 5.69 Å². The molecule has 0 aliphatic rings. The first-order valence-corrected chi connectivity index (χ1v) is 8.56. The van der Waals surface area contributed by atoms with E-state index in [2.05, 4.69) is 10.2 Å². The van der Waals surface area contributed by atoms with Crippen LogP contribution in [0.2, 0.25) is 0 Å². The standard InChI is InChI=1S/C18H12N4O3S/c1-11-5-7-13(8-6-11)16-19-20-18-21(16)17(23)15(26-18)10-12-3-2-4-14(9-12)22(24)25/h2-10H,1H3/b15-10-. The second-order valence-corrected chi connectivity index (χ2v) is 6.78. The fraction of sp³-hybridized carbons (Fsp3) is 0.0556. The van der Waals surface area contributed by atoms with Crippen molar-refractivity contribution in [3.05, 3.63) is 84.7 Å². The summed E-state index contributed by atoms with van der Waals surface area (Å²) in [5.74, 6) is 0.486. The summed E-state index contributed by atoms with van der Waals surface area (Å²) in [7, 11) is 0. The van der Waals surface area contributed by atoms with Gasteiger partial charge in [-0.05, 0) is 18.6 Å². The Morgan fingerprint density at radius 2 is 1.92 bits per heavy atom. The van der Waals surface area contributed by atoms with Crippen molar-refractivity contribution in [1.29, 1.82) is 0 Å². The Kier molecular flexibility index (Phi) is 3.81. The quantitative estimate of drug-likeness (QED) is 0.412. The van der Waals surface area contributed by atoms with Gasteiger partial charge in [0.05, 0.1) is 9.46 Å². The van der Waals surface area contributed by atoms with Gasteiger partial charge in [0.25, 0.3) is 11.2 Å². The van der Waals surface area contributed by atoms with Crippen LogP contribution >= 0.6 is 11.3 Å². The monoisotopic (exact) mass is 364 g/mol. The molecule has 4 aromatic rings. The Hall–Kier alpha value is -3.39. The van der Waals surface area contributed by atoms with Gasteiger partial charge in [0.2, 0.25) is 4.96 Å².